The average Bonchev–Trinajstić information content (AvgIpc) is 2.97. The highest BCUT2D eigenvalue weighted by atomic mass is 16.7. The Hall–Kier alpha value is -0.680. The van der Waals surface area contributed by atoms with Gasteiger partial charge in [-0.25, -0.2) is 0 Å². The average molecular weight is 624 g/mol. The van der Waals surface area contributed by atoms with Crippen LogP contribution in [0.1, 0.15) is 19.3 Å². The summed E-state index contributed by atoms with van der Waals surface area (Å²) in [6, 6.07) is -3.32. The molecule has 2 aliphatic carbocycles. The smallest absolute Gasteiger partial charge is 0.186 e. The molecule has 2 aliphatic heterocycles. The Morgan fingerprint density at radius 1 is 0.837 bits per heavy atom. The summed E-state index contributed by atoms with van der Waals surface area (Å²) >= 11 is 0. The van der Waals surface area contributed by atoms with Gasteiger partial charge in [-0.05, 0) is 31.7 Å². The topological polar surface area (TPSA) is 323 Å². The summed E-state index contributed by atoms with van der Waals surface area (Å²) in [5.74, 6) is -0.590. The molecular weight excluding hydrogens is 570 g/mol. The highest BCUT2D eigenvalue weighted by Gasteiger charge is 2.55. The zero-order valence-corrected chi connectivity index (χ0v) is 24.3. The number of rotatable bonds is 12. The van der Waals surface area contributed by atoms with Crippen LogP contribution in [0.4, 0.5) is 0 Å². The predicted octanol–water partition coefficient (Wildman–Crippen LogP) is -7.73. The van der Waals surface area contributed by atoms with Crippen LogP contribution in [-0.2, 0) is 14.2 Å². The van der Waals surface area contributed by atoms with Crippen molar-refractivity contribution in [1.82, 2.24) is 10.6 Å². The number of aliphatic hydroxyl groups excluding tert-OH is 7. The fourth-order valence-electron chi connectivity index (χ4n) is 6.87. The molecule has 17 heteroatoms. The van der Waals surface area contributed by atoms with Crippen LogP contribution in [0.2, 0.25) is 0 Å². The van der Waals surface area contributed by atoms with E-state index in [4.69, 9.17) is 42.9 Å². The number of ether oxygens (including phenoxy) is 3. The zero-order valence-electron chi connectivity index (χ0n) is 24.3. The van der Waals surface area contributed by atoms with E-state index in [2.05, 4.69) is 10.6 Å². The maximum absolute atomic E-state index is 11.9. The number of hydrogen-bond donors (Lipinski definition) is 14. The first-order valence-corrected chi connectivity index (χ1v) is 15.2. The molecule has 4 rings (SSSR count). The summed E-state index contributed by atoms with van der Waals surface area (Å²) in [6.07, 6.45) is -11.5. The quantitative estimate of drug-likeness (QED) is 0.0959. The van der Waals surface area contributed by atoms with E-state index in [0.717, 1.165) is 12.8 Å². The van der Waals surface area contributed by atoms with Crippen LogP contribution in [0.15, 0.2) is 0 Å². The molecule has 0 bridgehead atoms. The number of hydrogen-bond acceptors (Lipinski definition) is 17. The summed E-state index contributed by atoms with van der Waals surface area (Å²) in [4.78, 5) is 0. The summed E-state index contributed by atoms with van der Waals surface area (Å²) in [5.41, 5.74) is 30.0. The van der Waals surface area contributed by atoms with Gasteiger partial charge >= 0.3 is 0 Å². The largest absolute Gasteiger partial charge is 0.394 e. The summed E-state index contributed by atoms with van der Waals surface area (Å²) in [5, 5.41) is 81.1. The lowest BCUT2D eigenvalue weighted by molar-refractivity contribution is -0.308. The normalized spacial score (nSPS) is 49.8. The second-order valence-corrected chi connectivity index (χ2v) is 12.6. The van der Waals surface area contributed by atoms with Crippen LogP contribution >= 0.6 is 0 Å². The highest BCUT2D eigenvalue weighted by molar-refractivity contribution is 5.08. The van der Waals surface area contributed by atoms with Gasteiger partial charge in [-0.3, -0.25) is 0 Å². The van der Waals surface area contributed by atoms with Crippen molar-refractivity contribution in [3.05, 3.63) is 0 Å². The lowest BCUT2D eigenvalue weighted by Gasteiger charge is -2.53. The van der Waals surface area contributed by atoms with Gasteiger partial charge in [0.15, 0.2) is 6.29 Å². The Bertz CT molecular complexity index is 863. The van der Waals surface area contributed by atoms with E-state index >= 15 is 0 Å². The van der Waals surface area contributed by atoms with Gasteiger partial charge in [-0.1, -0.05) is 0 Å². The van der Waals surface area contributed by atoms with Crippen molar-refractivity contribution >= 4 is 0 Å². The maximum atomic E-state index is 11.9. The molecule has 0 amide bonds. The molecule has 0 radical (unpaired) electrons. The Balaban J connectivity index is 1.60. The molecule has 16 atom stereocenters. The van der Waals surface area contributed by atoms with E-state index in [1.165, 1.54) is 0 Å². The van der Waals surface area contributed by atoms with Crippen molar-refractivity contribution < 1.29 is 50.0 Å². The number of nitrogens with two attached hydrogens (primary N) is 5. The fourth-order valence-corrected chi connectivity index (χ4v) is 6.87. The highest BCUT2D eigenvalue weighted by Crippen LogP contribution is 2.37. The van der Waals surface area contributed by atoms with E-state index in [9.17, 15) is 35.7 Å². The first-order valence-electron chi connectivity index (χ1n) is 15.2. The lowest BCUT2D eigenvalue weighted by Crippen LogP contribution is -2.72. The Morgan fingerprint density at radius 3 is 2.14 bits per heavy atom. The molecule has 4 fully saturated rings. The van der Waals surface area contributed by atoms with Crippen LogP contribution < -0.4 is 39.3 Å². The minimum absolute atomic E-state index is 0.0201. The monoisotopic (exact) mass is 623 g/mol. The summed E-state index contributed by atoms with van der Waals surface area (Å²) in [6.45, 7) is -0.164. The van der Waals surface area contributed by atoms with Crippen LogP contribution in [0.3, 0.4) is 0 Å². The molecule has 0 aromatic heterocycles. The van der Waals surface area contributed by atoms with Crippen LogP contribution in [0.5, 0.6) is 0 Å². The van der Waals surface area contributed by atoms with Crippen LogP contribution in [0, 0.1) is 11.8 Å². The van der Waals surface area contributed by atoms with Gasteiger partial charge in [-0.2, -0.15) is 0 Å². The van der Waals surface area contributed by atoms with Crippen molar-refractivity contribution in [2.24, 2.45) is 40.5 Å². The molecule has 0 spiro atoms. The molecule has 4 aliphatic rings. The molecular formula is C26H53N7O10. The van der Waals surface area contributed by atoms with Gasteiger partial charge in [0, 0.05) is 43.7 Å². The molecule has 0 aromatic rings. The second-order valence-electron chi connectivity index (χ2n) is 12.6. The number of nitrogens with one attached hydrogen (secondary N) is 2. The van der Waals surface area contributed by atoms with Crippen molar-refractivity contribution in [2.45, 2.75) is 117 Å². The maximum Gasteiger partial charge on any atom is 0.186 e. The first kappa shape index (κ1) is 35.2. The third-order valence-corrected chi connectivity index (χ3v) is 9.58. The molecule has 2 saturated heterocycles. The molecule has 19 N–H and O–H groups in total. The molecule has 0 aromatic carbocycles. The standard InChI is InChI=1S/C26H53N7O10/c27-4-11(35)7-32-13-3-12(30)16(21(38)24(13)43-26-22(39)17(31)19(36)15(8-34)42-26)25-18(33-6-9-1-10(29)2-9)23(40)20(37)14(5-28)41-25/h9-26,32-40H,1-8,27-31H2. The van der Waals surface area contributed by atoms with E-state index in [0.29, 0.717) is 6.54 Å². The van der Waals surface area contributed by atoms with Crippen molar-refractivity contribution in [3.8, 4) is 0 Å². The molecule has 43 heavy (non-hydrogen) atoms. The second kappa shape index (κ2) is 15.3. The molecule has 252 valence electrons. The molecule has 17 nitrogen and oxygen atoms in total. The Kier molecular flexibility index (Phi) is 12.5. The van der Waals surface area contributed by atoms with E-state index in [1.54, 1.807) is 0 Å². The summed E-state index contributed by atoms with van der Waals surface area (Å²) in [7, 11) is 0. The number of aliphatic hydroxyl groups is 7. The van der Waals surface area contributed by atoms with Gasteiger partial charge < -0.3 is 89.3 Å². The van der Waals surface area contributed by atoms with Gasteiger partial charge in [0.25, 0.3) is 0 Å². The molecule has 16 unspecified atom stereocenters. The van der Waals surface area contributed by atoms with Crippen molar-refractivity contribution in [1.29, 1.82) is 0 Å². The van der Waals surface area contributed by atoms with Gasteiger partial charge in [0.05, 0.1) is 43.1 Å². The van der Waals surface area contributed by atoms with Gasteiger partial charge in [0.2, 0.25) is 0 Å². The lowest BCUT2D eigenvalue weighted by atomic mass is 9.71. The summed E-state index contributed by atoms with van der Waals surface area (Å²) < 4.78 is 18.0. The SMILES string of the molecule is NCC(O)CNC1CC(N)C(C2OC(CN)C(O)C(O)C2NCC2CC(N)C2)C(O)C1OC1OC(CO)C(O)C(N)C1O. The minimum atomic E-state index is -1.51. The first-order chi connectivity index (χ1) is 20.4. The predicted molar refractivity (Wildman–Crippen MR) is 152 cm³/mol. The van der Waals surface area contributed by atoms with Crippen LogP contribution in [-0.4, -0.2) is 166 Å². The molecule has 2 heterocycles. The third kappa shape index (κ3) is 7.66. The van der Waals surface area contributed by atoms with E-state index in [-0.39, 0.29) is 38.0 Å². The minimum Gasteiger partial charge on any atom is -0.394 e. The van der Waals surface area contributed by atoms with Gasteiger partial charge in [-0.15, -0.1) is 0 Å². The van der Waals surface area contributed by atoms with E-state index in [1.807, 2.05) is 0 Å². The zero-order chi connectivity index (χ0) is 31.6. The molecule has 2 saturated carbocycles. The van der Waals surface area contributed by atoms with Crippen molar-refractivity contribution in [3.63, 3.8) is 0 Å². The third-order valence-electron chi connectivity index (χ3n) is 9.58. The fraction of sp³-hybridized carbons (Fsp3) is 1.00. The van der Waals surface area contributed by atoms with Crippen LogP contribution in [0.25, 0.3) is 0 Å². The Labute approximate surface area is 251 Å². The Morgan fingerprint density at radius 2 is 1.53 bits per heavy atom. The van der Waals surface area contributed by atoms with Gasteiger partial charge in [0.1, 0.15) is 36.6 Å². The van der Waals surface area contributed by atoms with Crippen molar-refractivity contribution in [2.75, 3.05) is 32.8 Å². The van der Waals surface area contributed by atoms with E-state index < -0.39 is 104 Å².